The van der Waals surface area contributed by atoms with Gasteiger partial charge in [-0.3, -0.25) is 14.5 Å². The van der Waals surface area contributed by atoms with Crippen LogP contribution in [0, 0.1) is 5.92 Å². The van der Waals surface area contributed by atoms with Gasteiger partial charge in [-0.1, -0.05) is 83.2 Å². The van der Waals surface area contributed by atoms with Crippen molar-refractivity contribution in [2.75, 3.05) is 6.54 Å². The predicted octanol–water partition coefficient (Wildman–Crippen LogP) is 6.49. The molecule has 0 aromatic heterocycles. The van der Waals surface area contributed by atoms with Gasteiger partial charge in [0.05, 0.1) is 6.10 Å². The summed E-state index contributed by atoms with van der Waals surface area (Å²) in [7, 11) is 0. The minimum atomic E-state index is -1.13. The first kappa shape index (κ1) is 29.2. The van der Waals surface area contributed by atoms with E-state index in [4.69, 9.17) is 4.74 Å². The van der Waals surface area contributed by atoms with Crippen LogP contribution in [0.1, 0.15) is 98.0 Å². The molecule has 0 bridgehead atoms. The van der Waals surface area contributed by atoms with Crippen LogP contribution in [0.25, 0.3) is 0 Å². The summed E-state index contributed by atoms with van der Waals surface area (Å²) in [4.78, 5) is 27.1. The standard InChI is InChI=1S/C28H47NO4/c1-6-9-10-14-18-25(15-7-2)29(20-19-23-16-12-11-13-17-23)24(8-3)21-26(27(30)31)28(32)33-22(4)5/h11-13,16-17,22,24-26H,6-10,14-15,18-21H2,1-5H3,(H,30,31). The number of aliphatic carboxylic acids is 1. The van der Waals surface area contributed by atoms with E-state index in [9.17, 15) is 14.7 Å². The van der Waals surface area contributed by atoms with Crippen LogP contribution in [0.3, 0.4) is 0 Å². The average molecular weight is 462 g/mol. The van der Waals surface area contributed by atoms with Gasteiger partial charge in [-0.25, -0.2) is 0 Å². The maximum atomic E-state index is 12.6. The molecule has 0 heterocycles. The summed E-state index contributed by atoms with van der Waals surface area (Å²) < 4.78 is 5.29. The fraction of sp³-hybridized carbons (Fsp3) is 0.714. The highest BCUT2D eigenvalue weighted by Crippen LogP contribution is 2.25. The van der Waals surface area contributed by atoms with Crippen molar-refractivity contribution < 1.29 is 19.4 Å². The quantitative estimate of drug-likeness (QED) is 0.154. The SMILES string of the molecule is CCCCCCC(CCC)N(CCc1ccccc1)C(CC)CC(C(=O)O)C(=O)OC(C)C. The van der Waals surface area contributed by atoms with Crippen LogP contribution < -0.4 is 0 Å². The van der Waals surface area contributed by atoms with E-state index in [0.29, 0.717) is 12.5 Å². The molecular formula is C28H47NO4. The summed E-state index contributed by atoms with van der Waals surface area (Å²) >= 11 is 0. The van der Waals surface area contributed by atoms with Crippen molar-refractivity contribution in [3.8, 4) is 0 Å². The molecule has 5 nitrogen and oxygen atoms in total. The van der Waals surface area contributed by atoms with Gasteiger partial charge in [-0.15, -0.1) is 0 Å². The number of hydrogen-bond donors (Lipinski definition) is 1. The van der Waals surface area contributed by atoms with Crippen molar-refractivity contribution >= 4 is 11.9 Å². The molecule has 3 atom stereocenters. The van der Waals surface area contributed by atoms with Gasteiger partial charge in [0.2, 0.25) is 0 Å². The van der Waals surface area contributed by atoms with Gasteiger partial charge in [0.1, 0.15) is 0 Å². The molecule has 0 aliphatic rings. The minimum absolute atomic E-state index is 0.0252. The number of benzene rings is 1. The fourth-order valence-electron chi connectivity index (χ4n) is 4.60. The molecule has 0 aliphatic carbocycles. The van der Waals surface area contributed by atoms with Gasteiger partial charge >= 0.3 is 11.9 Å². The molecule has 0 spiro atoms. The molecule has 1 aromatic carbocycles. The molecule has 1 aromatic rings. The fourth-order valence-corrected chi connectivity index (χ4v) is 4.60. The first-order valence-electron chi connectivity index (χ1n) is 13.1. The zero-order valence-corrected chi connectivity index (χ0v) is 21.6. The lowest BCUT2D eigenvalue weighted by Crippen LogP contribution is -2.46. The predicted molar refractivity (Wildman–Crippen MR) is 135 cm³/mol. The van der Waals surface area contributed by atoms with E-state index in [1.807, 2.05) is 6.07 Å². The normalized spacial score (nSPS) is 14.3. The number of hydrogen-bond acceptors (Lipinski definition) is 4. The Morgan fingerprint density at radius 2 is 1.64 bits per heavy atom. The smallest absolute Gasteiger partial charge is 0.320 e. The molecule has 3 unspecified atom stereocenters. The lowest BCUT2D eigenvalue weighted by atomic mass is 9.92. The number of rotatable bonds is 18. The Bertz CT molecular complexity index is 661. The third-order valence-electron chi connectivity index (χ3n) is 6.37. The maximum absolute atomic E-state index is 12.6. The number of carbonyl (C=O) groups excluding carboxylic acids is 1. The van der Waals surface area contributed by atoms with Gasteiger partial charge in [0.15, 0.2) is 5.92 Å². The van der Waals surface area contributed by atoms with Crippen LogP contribution in [0.5, 0.6) is 0 Å². The first-order chi connectivity index (χ1) is 15.8. The summed E-state index contributed by atoms with van der Waals surface area (Å²) in [5.74, 6) is -2.83. The summed E-state index contributed by atoms with van der Waals surface area (Å²) in [5, 5.41) is 9.81. The number of carboxylic acids is 1. The molecule has 33 heavy (non-hydrogen) atoms. The Balaban J connectivity index is 3.10. The molecule has 188 valence electrons. The van der Waals surface area contributed by atoms with Gasteiger partial charge < -0.3 is 9.84 Å². The number of unbranched alkanes of at least 4 members (excludes halogenated alkanes) is 3. The number of carbonyl (C=O) groups is 2. The Hall–Kier alpha value is -1.88. The van der Waals surface area contributed by atoms with Crippen molar-refractivity contribution in [3.05, 3.63) is 35.9 Å². The van der Waals surface area contributed by atoms with Crippen molar-refractivity contribution in [3.63, 3.8) is 0 Å². The van der Waals surface area contributed by atoms with Crippen LogP contribution >= 0.6 is 0 Å². The van der Waals surface area contributed by atoms with Crippen molar-refractivity contribution in [1.29, 1.82) is 0 Å². The lowest BCUT2D eigenvalue weighted by molar-refractivity contribution is -0.162. The van der Waals surface area contributed by atoms with Crippen molar-refractivity contribution in [2.24, 2.45) is 5.92 Å². The summed E-state index contributed by atoms with van der Waals surface area (Å²) in [6.45, 7) is 10.9. The van der Waals surface area contributed by atoms with Crippen LogP contribution in [0.15, 0.2) is 30.3 Å². The largest absolute Gasteiger partial charge is 0.481 e. The molecule has 0 saturated heterocycles. The van der Waals surface area contributed by atoms with Crippen LogP contribution in [0.4, 0.5) is 0 Å². The Morgan fingerprint density at radius 3 is 2.18 bits per heavy atom. The number of esters is 1. The zero-order valence-electron chi connectivity index (χ0n) is 21.6. The van der Waals surface area contributed by atoms with E-state index in [2.05, 4.69) is 49.9 Å². The molecule has 0 fully saturated rings. The molecule has 1 N–H and O–H groups in total. The van der Waals surface area contributed by atoms with E-state index < -0.39 is 17.9 Å². The molecule has 0 amide bonds. The topological polar surface area (TPSA) is 66.8 Å². The number of nitrogens with zero attached hydrogens (tertiary/aromatic N) is 1. The first-order valence-corrected chi connectivity index (χ1v) is 13.1. The van der Waals surface area contributed by atoms with E-state index >= 15 is 0 Å². The van der Waals surface area contributed by atoms with E-state index in [0.717, 1.165) is 38.6 Å². The molecular weight excluding hydrogens is 414 g/mol. The molecule has 5 heteroatoms. The van der Waals surface area contributed by atoms with Crippen molar-refractivity contribution in [1.82, 2.24) is 4.90 Å². The third-order valence-corrected chi connectivity index (χ3v) is 6.37. The molecule has 0 aliphatic heterocycles. The molecule has 0 radical (unpaired) electrons. The Morgan fingerprint density at radius 1 is 0.939 bits per heavy atom. The van der Waals surface area contributed by atoms with E-state index in [1.165, 1.54) is 31.2 Å². The van der Waals surface area contributed by atoms with Crippen LogP contribution in [0.2, 0.25) is 0 Å². The molecule has 1 rings (SSSR count). The third kappa shape index (κ3) is 11.2. The number of ether oxygens (including phenoxy) is 1. The van der Waals surface area contributed by atoms with E-state index in [1.54, 1.807) is 13.8 Å². The minimum Gasteiger partial charge on any atom is -0.481 e. The Kier molecular flexibility index (Phi) is 14.7. The second-order valence-electron chi connectivity index (χ2n) is 9.44. The lowest BCUT2D eigenvalue weighted by Gasteiger charge is -2.39. The monoisotopic (exact) mass is 461 g/mol. The van der Waals surface area contributed by atoms with Crippen molar-refractivity contribution in [2.45, 2.75) is 117 Å². The van der Waals surface area contributed by atoms with Gasteiger partial charge in [0, 0.05) is 18.6 Å². The number of carboxylic acid groups (broad SMARTS) is 1. The van der Waals surface area contributed by atoms with Crippen LogP contribution in [-0.4, -0.2) is 46.7 Å². The molecule has 0 saturated carbocycles. The highest BCUT2D eigenvalue weighted by Gasteiger charge is 2.34. The second-order valence-corrected chi connectivity index (χ2v) is 9.44. The zero-order chi connectivity index (χ0) is 24.6. The average Bonchev–Trinajstić information content (AvgIpc) is 2.78. The maximum Gasteiger partial charge on any atom is 0.320 e. The van der Waals surface area contributed by atoms with E-state index in [-0.39, 0.29) is 12.1 Å². The summed E-state index contributed by atoms with van der Waals surface area (Å²) in [5.41, 5.74) is 1.28. The van der Waals surface area contributed by atoms with Gasteiger partial charge in [-0.2, -0.15) is 0 Å². The highest BCUT2D eigenvalue weighted by molar-refractivity contribution is 5.94. The summed E-state index contributed by atoms with van der Waals surface area (Å²) in [6.07, 6.45) is 9.89. The second kappa shape index (κ2) is 16.7. The van der Waals surface area contributed by atoms with Gasteiger partial charge in [-0.05, 0) is 51.5 Å². The highest BCUT2D eigenvalue weighted by atomic mass is 16.5. The van der Waals surface area contributed by atoms with Gasteiger partial charge in [0.25, 0.3) is 0 Å². The van der Waals surface area contributed by atoms with Crippen LogP contribution in [-0.2, 0) is 20.7 Å². The Labute approximate surface area is 201 Å². The summed E-state index contributed by atoms with van der Waals surface area (Å²) in [6, 6.07) is 10.9.